The standard InChI is InChI=1S/C10H14ClN3S/c1-7-13-8(11)5-9(14-7)12-6-10(15-2)3-4-10/h5H,3-4,6H2,1-2H3,(H,12,13,14). The molecule has 0 unspecified atom stereocenters. The molecule has 1 aromatic rings. The Morgan fingerprint density at radius 3 is 2.80 bits per heavy atom. The highest BCUT2D eigenvalue weighted by atomic mass is 35.5. The summed E-state index contributed by atoms with van der Waals surface area (Å²) in [6.07, 6.45) is 4.74. The molecule has 0 saturated heterocycles. The number of nitrogens with one attached hydrogen (secondary N) is 1. The van der Waals surface area contributed by atoms with E-state index in [1.807, 2.05) is 18.7 Å². The summed E-state index contributed by atoms with van der Waals surface area (Å²) in [5.74, 6) is 1.53. The summed E-state index contributed by atoms with van der Waals surface area (Å²) in [6, 6.07) is 1.77. The maximum absolute atomic E-state index is 5.85. The number of hydrogen-bond donors (Lipinski definition) is 1. The van der Waals surface area contributed by atoms with Crippen molar-refractivity contribution in [3.05, 3.63) is 17.0 Å². The van der Waals surface area contributed by atoms with Crippen LogP contribution >= 0.6 is 23.4 Å². The van der Waals surface area contributed by atoms with Crippen molar-refractivity contribution in [3.63, 3.8) is 0 Å². The summed E-state index contributed by atoms with van der Waals surface area (Å²) in [4.78, 5) is 8.31. The van der Waals surface area contributed by atoms with Gasteiger partial charge in [-0.3, -0.25) is 0 Å². The minimum absolute atomic E-state index is 0.436. The third-order valence-corrected chi connectivity index (χ3v) is 4.25. The zero-order valence-corrected chi connectivity index (χ0v) is 10.5. The van der Waals surface area contributed by atoms with Crippen molar-refractivity contribution in [2.75, 3.05) is 18.1 Å². The molecule has 0 radical (unpaired) electrons. The number of rotatable bonds is 4. The lowest BCUT2D eigenvalue weighted by atomic mass is 10.4. The SMILES string of the molecule is CSC1(CNc2cc(Cl)nc(C)n2)CC1. The van der Waals surface area contributed by atoms with Gasteiger partial charge in [0.25, 0.3) is 0 Å². The summed E-state index contributed by atoms with van der Waals surface area (Å²) in [6.45, 7) is 2.81. The normalized spacial score (nSPS) is 17.5. The van der Waals surface area contributed by atoms with Crippen LogP contribution in [0.4, 0.5) is 5.82 Å². The lowest BCUT2D eigenvalue weighted by molar-refractivity contribution is 0.930. The molecule has 1 aromatic heterocycles. The van der Waals surface area contributed by atoms with Crippen LogP contribution < -0.4 is 5.32 Å². The lowest BCUT2D eigenvalue weighted by Gasteiger charge is -2.13. The van der Waals surface area contributed by atoms with Crippen LogP contribution in [0.3, 0.4) is 0 Å². The molecule has 0 spiro atoms. The molecule has 82 valence electrons. The first kappa shape index (κ1) is 11.0. The summed E-state index contributed by atoms with van der Waals surface area (Å²) in [7, 11) is 0. The zero-order valence-electron chi connectivity index (χ0n) is 8.88. The second kappa shape index (κ2) is 4.18. The fraction of sp³-hybridized carbons (Fsp3) is 0.600. The van der Waals surface area contributed by atoms with E-state index in [1.165, 1.54) is 12.8 Å². The lowest BCUT2D eigenvalue weighted by Crippen LogP contribution is -2.18. The third-order valence-electron chi connectivity index (χ3n) is 2.64. The van der Waals surface area contributed by atoms with Crippen molar-refractivity contribution >= 4 is 29.2 Å². The van der Waals surface area contributed by atoms with E-state index in [-0.39, 0.29) is 0 Å². The quantitative estimate of drug-likeness (QED) is 0.826. The molecular weight excluding hydrogens is 230 g/mol. The van der Waals surface area contributed by atoms with Gasteiger partial charge >= 0.3 is 0 Å². The summed E-state index contributed by atoms with van der Waals surface area (Å²) < 4.78 is 0.436. The molecule has 1 aliphatic rings. The van der Waals surface area contributed by atoms with Crippen molar-refractivity contribution in [2.45, 2.75) is 24.5 Å². The number of thioether (sulfide) groups is 1. The predicted molar refractivity (Wildman–Crippen MR) is 65.7 cm³/mol. The van der Waals surface area contributed by atoms with E-state index in [9.17, 15) is 0 Å². The Bertz CT molecular complexity index is 345. The average molecular weight is 244 g/mol. The Morgan fingerprint density at radius 1 is 1.53 bits per heavy atom. The van der Waals surface area contributed by atoms with Crippen molar-refractivity contribution in [1.82, 2.24) is 9.97 Å². The van der Waals surface area contributed by atoms with Gasteiger partial charge in [-0.15, -0.1) is 0 Å². The smallest absolute Gasteiger partial charge is 0.134 e. The van der Waals surface area contributed by atoms with Crippen molar-refractivity contribution < 1.29 is 0 Å². The Hall–Kier alpha value is -0.480. The van der Waals surface area contributed by atoms with E-state index in [1.54, 1.807) is 6.07 Å². The van der Waals surface area contributed by atoms with Crippen LogP contribution in [0.15, 0.2) is 6.07 Å². The molecule has 1 saturated carbocycles. The van der Waals surface area contributed by atoms with Crippen LogP contribution in [0.2, 0.25) is 5.15 Å². The number of hydrogen-bond acceptors (Lipinski definition) is 4. The fourth-order valence-electron chi connectivity index (χ4n) is 1.47. The molecule has 0 aliphatic heterocycles. The minimum atomic E-state index is 0.436. The summed E-state index contributed by atoms with van der Waals surface area (Å²) in [5, 5.41) is 3.82. The first-order valence-corrected chi connectivity index (χ1v) is 6.54. The van der Waals surface area contributed by atoms with Crippen LogP contribution in [0, 0.1) is 6.92 Å². The molecule has 3 nitrogen and oxygen atoms in total. The molecule has 1 heterocycles. The van der Waals surface area contributed by atoms with Gasteiger partial charge in [0, 0.05) is 17.4 Å². The highest BCUT2D eigenvalue weighted by Crippen LogP contribution is 2.46. The Labute approximate surface area is 99.0 Å². The van der Waals surface area contributed by atoms with E-state index < -0.39 is 0 Å². The Balaban J connectivity index is 1.99. The molecule has 1 aliphatic carbocycles. The van der Waals surface area contributed by atoms with Gasteiger partial charge < -0.3 is 5.32 Å². The van der Waals surface area contributed by atoms with Crippen LogP contribution in [-0.2, 0) is 0 Å². The molecule has 0 amide bonds. The monoisotopic (exact) mass is 243 g/mol. The van der Waals surface area contributed by atoms with Crippen molar-refractivity contribution in [3.8, 4) is 0 Å². The zero-order chi connectivity index (χ0) is 10.9. The average Bonchev–Trinajstić information content (AvgIpc) is 2.94. The molecule has 1 fully saturated rings. The molecule has 15 heavy (non-hydrogen) atoms. The van der Waals surface area contributed by atoms with Crippen LogP contribution in [-0.4, -0.2) is 27.5 Å². The molecule has 2 rings (SSSR count). The third kappa shape index (κ3) is 2.75. The van der Waals surface area contributed by atoms with Gasteiger partial charge in [0.1, 0.15) is 16.8 Å². The largest absolute Gasteiger partial charge is 0.369 e. The van der Waals surface area contributed by atoms with Crippen LogP contribution in [0.1, 0.15) is 18.7 Å². The number of nitrogens with zero attached hydrogens (tertiary/aromatic N) is 2. The highest BCUT2D eigenvalue weighted by Gasteiger charge is 2.41. The highest BCUT2D eigenvalue weighted by molar-refractivity contribution is 8.00. The Kier molecular flexibility index (Phi) is 3.07. The molecular formula is C10H14ClN3S. The number of anilines is 1. The van der Waals surface area contributed by atoms with Gasteiger partial charge in [0.05, 0.1) is 0 Å². The molecule has 1 N–H and O–H groups in total. The van der Waals surface area contributed by atoms with Gasteiger partial charge in [-0.2, -0.15) is 11.8 Å². The maximum Gasteiger partial charge on any atom is 0.134 e. The van der Waals surface area contributed by atoms with E-state index in [2.05, 4.69) is 21.5 Å². The predicted octanol–water partition coefficient (Wildman–Crippen LogP) is 2.75. The number of halogens is 1. The van der Waals surface area contributed by atoms with Crippen molar-refractivity contribution in [1.29, 1.82) is 0 Å². The minimum Gasteiger partial charge on any atom is -0.369 e. The Morgan fingerprint density at radius 2 is 2.27 bits per heavy atom. The number of aromatic nitrogens is 2. The van der Waals surface area contributed by atoms with Gasteiger partial charge in [0.2, 0.25) is 0 Å². The van der Waals surface area contributed by atoms with Crippen LogP contribution in [0.5, 0.6) is 0 Å². The van der Waals surface area contributed by atoms with Gasteiger partial charge in [-0.25, -0.2) is 9.97 Å². The molecule has 0 aromatic carbocycles. The number of aryl methyl sites for hydroxylation is 1. The summed E-state index contributed by atoms with van der Waals surface area (Å²) in [5.41, 5.74) is 0. The van der Waals surface area contributed by atoms with E-state index in [4.69, 9.17) is 11.6 Å². The fourth-order valence-corrected chi connectivity index (χ4v) is 2.42. The molecule has 0 bridgehead atoms. The first-order valence-electron chi connectivity index (χ1n) is 4.94. The maximum atomic E-state index is 5.85. The van der Waals surface area contributed by atoms with E-state index in [0.717, 1.165) is 12.4 Å². The van der Waals surface area contributed by atoms with E-state index >= 15 is 0 Å². The topological polar surface area (TPSA) is 37.8 Å². The molecule has 5 heteroatoms. The first-order chi connectivity index (χ1) is 7.13. The van der Waals surface area contributed by atoms with Gasteiger partial charge in [-0.1, -0.05) is 11.6 Å². The van der Waals surface area contributed by atoms with Crippen LogP contribution in [0.25, 0.3) is 0 Å². The van der Waals surface area contributed by atoms with E-state index in [0.29, 0.717) is 15.7 Å². The molecule has 0 atom stereocenters. The second-order valence-electron chi connectivity index (χ2n) is 3.86. The van der Waals surface area contributed by atoms with Gasteiger partial charge in [0.15, 0.2) is 0 Å². The second-order valence-corrected chi connectivity index (χ2v) is 5.53. The van der Waals surface area contributed by atoms with Gasteiger partial charge in [-0.05, 0) is 26.0 Å². The summed E-state index contributed by atoms with van der Waals surface area (Å²) >= 11 is 7.78. The van der Waals surface area contributed by atoms with Crippen molar-refractivity contribution in [2.24, 2.45) is 0 Å².